The number of nitrogens with zero attached hydrogens (tertiary/aromatic N) is 3. The van der Waals surface area contributed by atoms with Gasteiger partial charge in [-0.05, 0) is 48.6 Å². The molecule has 1 aromatic heterocycles. The molecule has 0 saturated heterocycles. The van der Waals surface area contributed by atoms with Crippen molar-refractivity contribution in [1.82, 2.24) is 14.8 Å². The molecule has 0 bridgehead atoms. The first kappa shape index (κ1) is 18.5. The van der Waals surface area contributed by atoms with Crippen molar-refractivity contribution in [2.45, 2.75) is 38.3 Å². The Kier molecular flexibility index (Phi) is 5.05. The number of hydrogen-bond donors (Lipinski definition) is 1. The molecule has 0 unspecified atom stereocenters. The van der Waals surface area contributed by atoms with Crippen molar-refractivity contribution in [2.75, 3.05) is 14.2 Å². The predicted molar refractivity (Wildman–Crippen MR) is 108 cm³/mol. The first-order valence-electron chi connectivity index (χ1n) is 9.55. The predicted octanol–water partition coefficient (Wildman–Crippen LogP) is 3.19. The molecule has 1 aliphatic rings. The molecule has 2 aromatic carbocycles. The standard InChI is InChI=1S/C22H26N4O2/c1-14-24-22(13-19(23)17-8-9-20(27-2)21(12-17)28-3)26(25-14)18-10-15-6-4-5-7-16(15)11-18/h4-9,12,18-19H,10-11,13,23H2,1-3H3/t19-/m1/s1. The summed E-state index contributed by atoms with van der Waals surface area (Å²) in [5.41, 5.74) is 10.3. The zero-order valence-corrected chi connectivity index (χ0v) is 16.6. The second kappa shape index (κ2) is 7.64. The van der Waals surface area contributed by atoms with E-state index in [1.54, 1.807) is 14.2 Å². The van der Waals surface area contributed by atoms with Crippen LogP contribution in [0.5, 0.6) is 11.5 Å². The van der Waals surface area contributed by atoms with E-state index in [1.165, 1.54) is 11.1 Å². The molecule has 0 aliphatic heterocycles. The summed E-state index contributed by atoms with van der Waals surface area (Å²) in [4.78, 5) is 4.68. The zero-order valence-electron chi connectivity index (χ0n) is 16.6. The molecule has 2 N–H and O–H groups in total. The van der Waals surface area contributed by atoms with Gasteiger partial charge in [0.25, 0.3) is 0 Å². The summed E-state index contributed by atoms with van der Waals surface area (Å²) in [6.45, 7) is 1.93. The van der Waals surface area contributed by atoms with Gasteiger partial charge in [0, 0.05) is 12.5 Å². The molecule has 0 amide bonds. The number of rotatable bonds is 6. The summed E-state index contributed by atoms with van der Waals surface area (Å²) in [7, 11) is 3.26. The van der Waals surface area contributed by atoms with Gasteiger partial charge in [-0.2, -0.15) is 5.10 Å². The fraction of sp³-hybridized carbons (Fsp3) is 0.364. The summed E-state index contributed by atoms with van der Waals surface area (Å²) in [6.07, 6.45) is 2.58. The first-order valence-corrected chi connectivity index (χ1v) is 9.55. The highest BCUT2D eigenvalue weighted by molar-refractivity contribution is 5.44. The summed E-state index contributed by atoms with van der Waals surface area (Å²) in [6, 6.07) is 14.5. The molecule has 6 heteroatoms. The second-order valence-electron chi connectivity index (χ2n) is 7.28. The highest BCUT2D eigenvalue weighted by Gasteiger charge is 2.26. The van der Waals surface area contributed by atoms with E-state index in [0.29, 0.717) is 24.0 Å². The Labute approximate surface area is 165 Å². The summed E-state index contributed by atoms with van der Waals surface area (Å²) < 4.78 is 12.8. The number of hydrogen-bond acceptors (Lipinski definition) is 5. The third-order valence-corrected chi connectivity index (χ3v) is 5.42. The molecular weight excluding hydrogens is 352 g/mol. The van der Waals surface area contributed by atoms with Gasteiger partial charge in [-0.1, -0.05) is 30.3 Å². The van der Waals surface area contributed by atoms with Crippen LogP contribution >= 0.6 is 0 Å². The van der Waals surface area contributed by atoms with Crippen LogP contribution in [0.3, 0.4) is 0 Å². The number of fused-ring (bicyclic) bond motifs is 1. The number of nitrogens with two attached hydrogens (primary N) is 1. The van der Waals surface area contributed by atoms with Crippen molar-refractivity contribution in [2.24, 2.45) is 5.73 Å². The average Bonchev–Trinajstić information content (AvgIpc) is 3.30. The topological polar surface area (TPSA) is 75.2 Å². The lowest BCUT2D eigenvalue weighted by Crippen LogP contribution is -2.20. The molecule has 1 heterocycles. The number of benzene rings is 2. The Morgan fingerprint density at radius 1 is 1.07 bits per heavy atom. The number of aromatic nitrogens is 3. The van der Waals surface area contributed by atoms with E-state index in [1.807, 2.05) is 25.1 Å². The van der Waals surface area contributed by atoms with Crippen LogP contribution in [0.4, 0.5) is 0 Å². The lowest BCUT2D eigenvalue weighted by Gasteiger charge is -2.17. The fourth-order valence-electron chi connectivity index (χ4n) is 4.01. The molecule has 0 fully saturated rings. The van der Waals surface area contributed by atoms with Gasteiger partial charge < -0.3 is 15.2 Å². The lowest BCUT2D eigenvalue weighted by atomic mass is 10.0. The monoisotopic (exact) mass is 378 g/mol. The second-order valence-corrected chi connectivity index (χ2v) is 7.28. The summed E-state index contributed by atoms with van der Waals surface area (Å²) in [5, 5.41) is 4.69. The van der Waals surface area contributed by atoms with E-state index < -0.39 is 0 Å². The minimum Gasteiger partial charge on any atom is -0.493 e. The van der Waals surface area contributed by atoms with Crippen LogP contribution in [0, 0.1) is 6.92 Å². The summed E-state index contributed by atoms with van der Waals surface area (Å²) >= 11 is 0. The molecule has 0 radical (unpaired) electrons. The molecular formula is C22H26N4O2. The smallest absolute Gasteiger partial charge is 0.161 e. The molecule has 0 spiro atoms. The molecule has 1 aliphatic carbocycles. The van der Waals surface area contributed by atoms with Crippen molar-refractivity contribution >= 4 is 0 Å². The molecule has 4 rings (SSSR count). The zero-order chi connectivity index (χ0) is 19.7. The molecule has 146 valence electrons. The van der Waals surface area contributed by atoms with Crippen LogP contribution in [0.25, 0.3) is 0 Å². The Balaban J connectivity index is 1.56. The molecule has 28 heavy (non-hydrogen) atoms. The van der Waals surface area contributed by atoms with Gasteiger partial charge in [0.1, 0.15) is 11.6 Å². The van der Waals surface area contributed by atoms with Crippen LogP contribution in [-0.4, -0.2) is 29.0 Å². The van der Waals surface area contributed by atoms with Gasteiger partial charge in [-0.25, -0.2) is 9.67 Å². The van der Waals surface area contributed by atoms with Crippen LogP contribution < -0.4 is 15.2 Å². The van der Waals surface area contributed by atoms with Crippen molar-refractivity contribution in [3.8, 4) is 11.5 Å². The van der Waals surface area contributed by atoms with Crippen LogP contribution in [0.2, 0.25) is 0 Å². The van der Waals surface area contributed by atoms with Crippen molar-refractivity contribution < 1.29 is 9.47 Å². The van der Waals surface area contributed by atoms with Crippen molar-refractivity contribution in [3.63, 3.8) is 0 Å². The van der Waals surface area contributed by atoms with Crippen LogP contribution in [0.1, 0.15) is 40.4 Å². The maximum atomic E-state index is 6.53. The maximum absolute atomic E-state index is 6.53. The molecule has 6 nitrogen and oxygen atoms in total. The van der Waals surface area contributed by atoms with Gasteiger partial charge >= 0.3 is 0 Å². The van der Waals surface area contributed by atoms with Gasteiger partial charge in [0.15, 0.2) is 11.5 Å². The Bertz CT molecular complexity index is 957. The van der Waals surface area contributed by atoms with E-state index in [-0.39, 0.29) is 6.04 Å². The Hall–Kier alpha value is -2.86. The third-order valence-electron chi connectivity index (χ3n) is 5.42. The Morgan fingerprint density at radius 2 is 1.75 bits per heavy atom. The normalized spacial score (nSPS) is 14.7. The van der Waals surface area contributed by atoms with Crippen LogP contribution in [-0.2, 0) is 19.3 Å². The highest BCUT2D eigenvalue weighted by atomic mass is 16.5. The Morgan fingerprint density at radius 3 is 2.39 bits per heavy atom. The van der Waals surface area contributed by atoms with Crippen molar-refractivity contribution in [3.05, 3.63) is 70.8 Å². The minimum absolute atomic E-state index is 0.203. The average molecular weight is 378 g/mol. The lowest BCUT2D eigenvalue weighted by molar-refractivity contribution is 0.354. The highest BCUT2D eigenvalue weighted by Crippen LogP contribution is 2.32. The quantitative estimate of drug-likeness (QED) is 0.713. The summed E-state index contributed by atoms with van der Waals surface area (Å²) in [5.74, 6) is 3.09. The van der Waals surface area contributed by atoms with Gasteiger partial charge in [-0.3, -0.25) is 0 Å². The maximum Gasteiger partial charge on any atom is 0.161 e. The van der Waals surface area contributed by atoms with Gasteiger partial charge in [0.2, 0.25) is 0 Å². The van der Waals surface area contributed by atoms with Crippen LogP contribution in [0.15, 0.2) is 42.5 Å². The minimum atomic E-state index is -0.203. The largest absolute Gasteiger partial charge is 0.493 e. The fourth-order valence-corrected chi connectivity index (χ4v) is 4.01. The molecule has 3 aromatic rings. The third kappa shape index (κ3) is 3.47. The first-order chi connectivity index (χ1) is 13.6. The molecule has 1 atom stereocenters. The number of methoxy groups -OCH3 is 2. The van der Waals surface area contributed by atoms with E-state index in [9.17, 15) is 0 Å². The molecule has 0 saturated carbocycles. The van der Waals surface area contributed by atoms with E-state index in [4.69, 9.17) is 15.2 Å². The van der Waals surface area contributed by atoms with Gasteiger partial charge in [-0.15, -0.1) is 0 Å². The van der Waals surface area contributed by atoms with Crippen molar-refractivity contribution in [1.29, 1.82) is 0 Å². The van der Waals surface area contributed by atoms with E-state index in [0.717, 1.165) is 30.1 Å². The SMILES string of the molecule is COc1ccc([C@H](N)Cc2nc(C)nn2C2Cc3ccccc3C2)cc1OC. The van der Waals surface area contributed by atoms with E-state index >= 15 is 0 Å². The number of ether oxygens (including phenoxy) is 2. The van der Waals surface area contributed by atoms with E-state index in [2.05, 4.69) is 39.0 Å². The number of aryl methyl sites for hydroxylation is 1. The van der Waals surface area contributed by atoms with Gasteiger partial charge in [0.05, 0.1) is 20.3 Å².